The molecule has 114 valence electrons. The van der Waals surface area contributed by atoms with Crippen molar-refractivity contribution in [2.75, 3.05) is 0 Å². The van der Waals surface area contributed by atoms with E-state index < -0.39 is 5.97 Å². The van der Waals surface area contributed by atoms with Gasteiger partial charge in [-0.1, -0.05) is 36.2 Å². The van der Waals surface area contributed by atoms with Crippen molar-refractivity contribution >= 4 is 12.0 Å². The first-order valence-electron chi connectivity index (χ1n) is 7.37. The fourth-order valence-corrected chi connectivity index (χ4v) is 2.67. The van der Waals surface area contributed by atoms with E-state index in [1.165, 1.54) is 5.56 Å². The van der Waals surface area contributed by atoms with Crippen LogP contribution < -0.4 is 10.6 Å². The van der Waals surface area contributed by atoms with Gasteiger partial charge in [0.2, 0.25) is 0 Å². The van der Waals surface area contributed by atoms with Crippen molar-refractivity contribution in [2.45, 2.75) is 45.2 Å². The van der Waals surface area contributed by atoms with Crippen LogP contribution in [0.25, 0.3) is 0 Å². The molecule has 2 amide bonds. The van der Waals surface area contributed by atoms with Gasteiger partial charge in [0, 0.05) is 12.6 Å². The third-order valence-corrected chi connectivity index (χ3v) is 3.93. The Morgan fingerprint density at radius 2 is 1.95 bits per heavy atom. The van der Waals surface area contributed by atoms with Crippen LogP contribution in [-0.4, -0.2) is 23.1 Å². The molecule has 1 aliphatic rings. The Bertz CT molecular complexity index is 499. The molecule has 2 unspecified atom stereocenters. The summed E-state index contributed by atoms with van der Waals surface area (Å²) in [5.41, 5.74) is 2.23. The molecule has 1 aliphatic carbocycles. The minimum absolute atomic E-state index is 0.0436. The van der Waals surface area contributed by atoms with E-state index in [1.54, 1.807) is 0 Å². The van der Waals surface area contributed by atoms with Gasteiger partial charge in [0.15, 0.2) is 0 Å². The second-order valence-electron chi connectivity index (χ2n) is 5.71. The van der Waals surface area contributed by atoms with Crippen molar-refractivity contribution in [2.24, 2.45) is 5.92 Å². The number of hydrogen-bond acceptors (Lipinski definition) is 2. The molecule has 5 nitrogen and oxygen atoms in total. The zero-order valence-electron chi connectivity index (χ0n) is 12.3. The molecule has 21 heavy (non-hydrogen) atoms. The van der Waals surface area contributed by atoms with Gasteiger partial charge in [-0.15, -0.1) is 0 Å². The number of carbonyl (C=O) groups excluding carboxylic acids is 1. The molecule has 0 heterocycles. The number of urea groups is 1. The summed E-state index contributed by atoms with van der Waals surface area (Å²) in [7, 11) is 0. The first-order chi connectivity index (χ1) is 10.0. The normalized spacial score (nSPS) is 21.6. The molecule has 2 rings (SSSR count). The number of nitrogens with one attached hydrogen (secondary N) is 2. The van der Waals surface area contributed by atoms with E-state index in [9.17, 15) is 9.59 Å². The number of rotatable bonds is 4. The van der Waals surface area contributed by atoms with Gasteiger partial charge in [0.1, 0.15) is 0 Å². The number of benzene rings is 1. The summed E-state index contributed by atoms with van der Waals surface area (Å²) in [6.45, 7) is 2.49. The Morgan fingerprint density at radius 3 is 2.62 bits per heavy atom. The minimum atomic E-state index is -0.762. The molecule has 0 saturated heterocycles. The molecule has 0 radical (unpaired) electrons. The summed E-state index contributed by atoms with van der Waals surface area (Å²) < 4.78 is 0. The van der Waals surface area contributed by atoms with E-state index in [0.717, 1.165) is 18.4 Å². The van der Waals surface area contributed by atoms with Crippen LogP contribution in [-0.2, 0) is 11.3 Å². The van der Waals surface area contributed by atoms with Gasteiger partial charge < -0.3 is 15.7 Å². The van der Waals surface area contributed by atoms with E-state index in [4.69, 9.17) is 5.11 Å². The third-order valence-electron chi connectivity index (χ3n) is 3.93. The van der Waals surface area contributed by atoms with Crippen molar-refractivity contribution in [3.63, 3.8) is 0 Å². The highest BCUT2D eigenvalue weighted by molar-refractivity contribution is 5.74. The van der Waals surface area contributed by atoms with Gasteiger partial charge in [-0.25, -0.2) is 4.79 Å². The average Bonchev–Trinajstić information content (AvgIpc) is 2.47. The average molecular weight is 290 g/mol. The van der Waals surface area contributed by atoms with Gasteiger partial charge in [0.25, 0.3) is 0 Å². The highest BCUT2D eigenvalue weighted by atomic mass is 16.4. The second-order valence-corrected chi connectivity index (χ2v) is 5.71. The topological polar surface area (TPSA) is 78.4 Å². The number of carbonyl (C=O) groups is 2. The molecule has 0 spiro atoms. The monoisotopic (exact) mass is 290 g/mol. The molecular formula is C16H22N2O3. The molecule has 1 fully saturated rings. The Balaban J connectivity index is 1.76. The Morgan fingerprint density at radius 1 is 1.24 bits per heavy atom. The number of hydrogen-bond donors (Lipinski definition) is 3. The summed E-state index contributed by atoms with van der Waals surface area (Å²) in [6, 6.07) is 7.71. The Hall–Kier alpha value is -2.04. The third kappa shape index (κ3) is 4.77. The van der Waals surface area contributed by atoms with Crippen molar-refractivity contribution in [1.29, 1.82) is 0 Å². The lowest BCUT2D eigenvalue weighted by Crippen LogP contribution is -2.44. The van der Waals surface area contributed by atoms with Crippen LogP contribution in [0.4, 0.5) is 4.79 Å². The van der Waals surface area contributed by atoms with E-state index >= 15 is 0 Å². The highest BCUT2D eigenvalue weighted by Gasteiger charge is 2.27. The molecule has 0 aromatic heterocycles. The lowest BCUT2D eigenvalue weighted by atomic mass is 9.86. The van der Waals surface area contributed by atoms with Crippen LogP contribution >= 0.6 is 0 Å². The SMILES string of the molecule is Cc1ccc(CNC(=O)NC2CCCC(C(=O)O)C2)cc1. The quantitative estimate of drug-likeness (QED) is 0.797. The number of carboxylic acids is 1. The maximum atomic E-state index is 11.9. The van der Waals surface area contributed by atoms with Crippen molar-refractivity contribution in [3.05, 3.63) is 35.4 Å². The number of carboxylic acid groups (broad SMARTS) is 1. The molecular weight excluding hydrogens is 268 g/mol. The zero-order valence-corrected chi connectivity index (χ0v) is 12.3. The number of aliphatic carboxylic acids is 1. The van der Waals surface area contributed by atoms with Crippen molar-refractivity contribution < 1.29 is 14.7 Å². The van der Waals surface area contributed by atoms with Gasteiger partial charge in [-0.3, -0.25) is 4.79 Å². The molecule has 1 aromatic carbocycles. The fraction of sp³-hybridized carbons (Fsp3) is 0.500. The largest absolute Gasteiger partial charge is 0.481 e. The van der Waals surface area contributed by atoms with Crippen LogP contribution in [0.2, 0.25) is 0 Å². The van der Waals surface area contributed by atoms with Crippen LogP contribution in [0, 0.1) is 12.8 Å². The maximum Gasteiger partial charge on any atom is 0.315 e. The highest BCUT2D eigenvalue weighted by Crippen LogP contribution is 2.24. The van der Waals surface area contributed by atoms with E-state index in [2.05, 4.69) is 10.6 Å². The second kappa shape index (κ2) is 7.11. The van der Waals surface area contributed by atoms with Crippen LogP contribution in [0.1, 0.15) is 36.8 Å². The fourth-order valence-electron chi connectivity index (χ4n) is 2.67. The first-order valence-corrected chi connectivity index (χ1v) is 7.37. The van der Waals surface area contributed by atoms with Gasteiger partial charge in [-0.05, 0) is 31.7 Å². The first kappa shape index (κ1) is 15.4. The van der Waals surface area contributed by atoms with Crippen LogP contribution in [0.15, 0.2) is 24.3 Å². The minimum Gasteiger partial charge on any atom is -0.481 e. The zero-order chi connectivity index (χ0) is 15.2. The lowest BCUT2D eigenvalue weighted by molar-refractivity contribution is -0.143. The molecule has 5 heteroatoms. The summed E-state index contributed by atoms with van der Waals surface area (Å²) in [4.78, 5) is 22.9. The molecule has 0 bridgehead atoms. The van der Waals surface area contributed by atoms with Gasteiger partial charge >= 0.3 is 12.0 Å². The molecule has 1 saturated carbocycles. The summed E-state index contributed by atoms with van der Waals surface area (Å²) in [6.07, 6.45) is 2.92. The maximum absolute atomic E-state index is 11.9. The predicted molar refractivity (Wildman–Crippen MR) is 79.9 cm³/mol. The van der Waals surface area contributed by atoms with Gasteiger partial charge in [-0.2, -0.15) is 0 Å². The predicted octanol–water partition coefficient (Wildman–Crippen LogP) is 2.44. The number of aryl methyl sites for hydroxylation is 1. The van der Waals surface area contributed by atoms with Crippen molar-refractivity contribution in [1.82, 2.24) is 10.6 Å². The van der Waals surface area contributed by atoms with Gasteiger partial charge in [0.05, 0.1) is 5.92 Å². The van der Waals surface area contributed by atoms with Crippen LogP contribution in [0.5, 0.6) is 0 Å². The standard InChI is InChI=1S/C16H22N2O3/c1-11-5-7-12(8-6-11)10-17-16(21)18-14-4-2-3-13(9-14)15(19)20/h5-8,13-14H,2-4,9-10H2,1H3,(H,19,20)(H2,17,18,21). The van der Waals surface area contributed by atoms with E-state index in [1.807, 2.05) is 31.2 Å². The molecule has 1 aromatic rings. The summed E-state index contributed by atoms with van der Waals surface area (Å²) >= 11 is 0. The smallest absolute Gasteiger partial charge is 0.315 e. The molecule has 0 aliphatic heterocycles. The molecule has 3 N–H and O–H groups in total. The Labute approximate surface area is 124 Å². The lowest BCUT2D eigenvalue weighted by Gasteiger charge is -2.27. The summed E-state index contributed by atoms with van der Waals surface area (Å²) in [5.74, 6) is -1.09. The molecule has 2 atom stereocenters. The van der Waals surface area contributed by atoms with Crippen molar-refractivity contribution in [3.8, 4) is 0 Å². The summed E-state index contributed by atoms with van der Waals surface area (Å²) in [5, 5.41) is 14.7. The van der Waals surface area contributed by atoms with E-state index in [0.29, 0.717) is 19.4 Å². The van der Waals surface area contributed by atoms with Crippen LogP contribution in [0.3, 0.4) is 0 Å². The van der Waals surface area contributed by atoms with E-state index in [-0.39, 0.29) is 18.0 Å². The Kier molecular flexibility index (Phi) is 5.20. The number of amides is 2.